The summed E-state index contributed by atoms with van der Waals surface area (Å²) in [7, 11) is 1.62. The summed E-state index contributed by atoms with van der Waals surface area (Å²) in [5.74, 6) is -0.232. The van der Waals surface area contributed by atoms with Crippen molar-refractivity contribution in [1.82, 2.24) is 9.80 Å². The van der Waals surface area contributed by atoms with E-state index >= 15 is 0 Å². The lowest BCUT2D eigenvalue weighted by molar-refractivity contribution is -0.138. The average Bonchev–Trinajstić information content (AvgIpc) is 2.90. The highest BCUT2D eigenvalue weighted by atomic mass is 16.5. The lowest BCUT2D eigenvalue weighted by Crippen LogP contribution is -2.47. The van der Waals surface area contributed by atoms with Crippen LogP contribution in [0.4, 0.5) is 0 Å². The number of rotatable bonds is 7. The Kier molecular flexibility index (Phi) is 7.56. The van der Waals surface area contributed by atoms with Gasteiger partial charge in [0.15, 0.2) is 0 Å². The quantitative estimate of drug-likeness (QED) is 0.534. The molecule has 0 saturated carbocycles. The van der Waals surface area contributed by atoms with E-state index in [1.54, 1.807) is 24.1 Å². The molecule has 0 bridgehead atoms. The van der Waals surface area contributed by atoms with Gasteiger partial charge in [-0.05, 0) is 47.4 Å². The van der Waals surface area contributed by atoms with Crippen molar-refractivity contribution < 1.29 is 14.3 Å². The maximum absolute atomic E-state index is 13.5. The van der Waals surface area contributed by atoms with Gasteiger partial charge in [-0.2, -0.15) is 5.26 Å². The predicted molar refractivity (Wildman–Crippen MR) is 131 cm³/mol. The highest BCUT2D eigenvalue weighted by Crippen LogP contribution is 2.25. The number of hydrogen-bond acceptors (Lipinski definition) is 4. The second-order valence-electron chi connectivity index (χ2n) is 8.68. The molecule has 1 aliphatic heterocycles. The Morgan fingerprint density at radius 1 is 1.09 bits per heavy atom. The molecular weight excluding hydrogens is 426 g/mol. The molecule has 1 aliphatic rings. The second kappa shape index (κ2) is 11.0. The maximum Gasteiger partial charge on any atom is 0.254 e. The Labute approximate surface area is 200 Å². The number of amides is 2. The highest BCUT2D eigenvalue weighted by Gasteiger charge is 2.32. The van der Waals surface area contributed by atoms with Crippen LogP contribution in [0.2, 0.25) is 0 Å². The number of nitriles is 1. The summed E-state index contributed by atoms with van der Waals surface area (Å²) in [6, 6.07) is 23.1. The first-order valence-electron chi connectivity index (χ1n) is 11.6. The van der Waals surface area contributed by atoms with Gasteiger partial charge in [-0.25, -0.2) is 0 Å². The van der Waals surface area contributed by atoms with Crippen LogP contribution in [0.3, 0.4) is 0 Å². The molecular formula is C28H29N3O3. The molecule has 0 spiro atoms. The smallest absolute Gasteiger partial charge is 0.254 e. The van der Waals surface area contributed by atoms with Gasteiger partial charge >= 0.3 is 0 Å². The summed E-state index contributed by atoms with van der Waals surface area (Å²) in [4.78, 5) is 30.6. The molecule has 0 radical (unpaired) electrons. The number of hydrogen-bond donors (Lipinski definition) is 0. The number of methoxy groups -OCH3 is 1. The molecule has 34 heavy (non-hydrogen) atoms. The summed E-state index contributed by atoms with van der Waals surface area (Å²) in [5, 5.41) is 11.0. The molecule has 3 aromatic carbocycles. The molecule has 174 valence electrons. The van der Waals surface area contributed by atoms with Gasteiger partial charge in [-0.3, -0.25) is 9.59 Å². The number of piperidine rings is 1. The zero-order valence-electron chi connectivity index (χ0n) is 19.4. The number of carbonyl (C=O) groups excluding carboxylic acids is 2. The summed E-state index contributed by atoms with van der Waals surface area (Å²) < 4.78 is 5.24. The van der Waals surface area contributed by atoms with Crippen molar-refractivity contribution >= 4 is 22.6 Å². The van der Waals surface area contributed by atoms with Crippen molar-refractivity contribution in [2.75, 3.05) is 33.4 Å². The molecule has 1 saturated heterocycles. The molecule has 1 unspecified atom stereocenters. The van der Waals surface area contributed by atoms with E-state index in [1.807, 2.05) is 59.5 Å². The zero-order valence-corrected chi connectivity index (χ0v) is 19.4. The standard InChI is InChI=1S/C28H29N3O3/c1-34-17-16-31(19-22-13-11-21(18-29)12-14-22)27(32)24-8-5-15-30(20-24)28(33)26-10-4-7-23-6-2-3-9-25(23)26/h2-4,6-7,9-14,24H,5,8,15-17,19-20H2,1H3. The average molecular weight is 456 g/mol. The van der Waals surface area contributed by atoms with Crippen LogP contribution in [0.5, 0.6) is 0 Å². The minimum absolute atomic E-state index is 0.0233. The van der Waals surface area contributed by atoms with E-state index < -0.39 is 0 Å². The molecule has 1 heterocycles. The van der Waals surface area contributed by atoms with Crippen LogP contribution in [0.1, 0.15) is 34.3 Å². The molecule has 6 nitrogen and oxygen atoms in total. The van der Waals surface area contributed by atoms with Crippen LogP contribution in [0.15, 0.2) is 66.7 Å². The van der Waals surface area contributed by atoms with Gasteiger partial charge in [0.1, 0.15) is 0 Å². The fourth-order valence-electron chi connectivity index (χ4n) is 4.58. The topological polar surface area (TPSA) is 73.6 Å². The Morgan fingerprint density at radius 2 is 1.85 bits per heavy atom. The van der Waals surface area contributed by atoms with E-state index in [2.05, 4.69) is 6.07 Å². The third kappa shape index (κ3) is 5.27. The van der Waals surface area contributed by atoms with Crippen molar-refractivity contribution in [3.63, 3.8) is 0 Å². The molecule has 3 aromatic rings. The van der Waals surface area contributed by atoms with Gasteiger partial charge in [0.25, 0.3) is 5.91 Å². The molecule has 0 aromatic heterocycles. The van der Waals surface area contributed by atoms with E-state index in [1.165, 1.54) is 0 Å². The van der Waals surface area contributed by atoms with E-state index in [0.29, 0.717) is 43.9 Å². The van der Waals surface area contributed by atoms with Gasteiger partial charge in [-0.1, -0.05) is 48.5 Å². The maximum atomic E-state index is 13.5. The summed E-state index contributed by atoms with van der Waals surface area (Å²) >= 11 is 0. The second-order valence-corrected chi connectivity index (χ2v) is 8.68. The number of likely N-dealkylation sites (tertiary alicyclic amines) is 1. The number of carbonyl (C=O) groups is 2. The van der Waals surface area contributed by atoms with E-state index in [4.69, 9.17) is 10.00 Å². The van der Waals surface area contributed by atoms with Crippen LogP contribution < -0.4 is 0 Å². The number of ether oxygens (including phenoxy) is 1. The minimum Gasteiger partial charge on any atom is -0.383 e. The van der Waals surface area contributed by atoms with Crippen molar-refractivity contribution in [2.45, 2.75) is 19.4 Å². The van der Waals surface area contributed by atoms with Gasteiger partial charge < -0.3 is 14.5 Å². The molecule has 1 fully saturated rings. The van der Waals surface area contributed by atoms with Gasteiger partial charge in [0.05, 0.1) is 24.2 Å². The Morgan fingerprint density at radius 3 is 2.62 bits per heavy atom. The van der Waals surface area contributed by atoms with Gasteiger partial charge in [0.2, 0.25) is 5.91 Å². The van der Waals surface area contributed by atoms with Crippen molar-refractivity contribution in [2.24, 2.45) is 5.92 Å². The van der Waals surface area contributed by atoms with Crippen molar-refractivity contribution in [1.29, 1.82) is 5.26 Å². The normalized spacial score (nSPS) is 15.6. The van der Waals surface area contributed by atoms with Crippen LogP contribution in [0, 0.1) is 17.2 Å². The highest BCUT2D eigenvalue weighted by molar-refractivity contribution is 6.07. The first-order valence-corrected chi connectivity index (χ1v) is 11.6. The van der Waals surface area contributed by atoms with Crippen LogP contribution >= 0.6 is 0 Å². The lowest BCUT2D eigenvalue weighted by atomic mass is 9.95. The van der Waals surface area contributed by atoms with Crippen molar-refractivity contribution in [3.8, 4) is 6.07 Å². The van der Waals surface area contributed by atoms with Gasteiger partial charge in [-0.15, -0.1) is 0 Å². The molecule has 0 aliphatic carbocycles. The van der Waals surface area contributed by atoms with Crippen LogP contribution in [-0.2, 0) is 16.1 Å². The summed E-state index contributed by atoms with van der Waals surface area (Å²) in [6.07, 6.45) is 1.55. The van der Waals surface area contributed by atoms with Crippen LogP contribution in [-0.4, -0.2) is 55.0 Å². The number of benzene rings is 3. The first-order chi connectivity index (χ1) is 16.6. The monoisotopic (exact) mass is 455 g/mol. The lowest BCUT2D eigenvalue weighted by Gasteiger charge is -2.35. The summed E-state index contributed by atoms with van der Waals surface area (Å²) in [5.41, 5.74) is 2.23. The molecule has 1 atom stereocenters. The molecule has 4 rings (SSSR count). The summed E-state index contributed by atoms with van der Waals surface area (Å²) in [6.45, 7) is 2.43. The number of nitrogens with zero attached hydrogens (tertiary/aromatic N) is 3. The minimum atomic E-state index is -0.247. The SMILES string of the molecule is COCCN(Cc1ccc(C#N)cc1)C(=O)C1CCCN(C(=O)c2cccc3ccccc23)C1. The third-order valence-corrected chi connectivity index (χ3v) is 6.41. The van der Waals surface area contributed by atoms with E-state index in [-0.39, 0.29) is 17.7 Å². The Bertz CT molecular complexity index is 1190. The number of fused-ring (bicyclic) bond motifs is 1. The zero-order chi connectivity index (χ0) is 23.9. The Balaban J connectivity index is 1.49. The van der Waals surface area contributed by atoms with E-state index in [9.17, 15) is 9.59 Å². The van der Waals surface area contributed by atoms with Gasteiger partial charge in [0, 0.05) is 38.9 Å². The molecule has 6 heteroatoms. The van der Waals surface area contributed by atoms with Crippen molar-refractivity contribution in [3.05, 3.63) is 83.4 Å². The third-order valence-electron chi connectivity index (χ3n) is 6.41. The first kappa shape index (κ1) is 23.5. The molecule has 0 N–H and O–H groups in total. The van der Waals surface area contributed by atoms with E-state index in [0.717, 1.165) is 29.2 Å². The molecule has 2 amide bonds. The largest absolute Gasteiger partial charge is 0.383 e. The van der Waals surface area contributed by atoms with Crippen LogP contribution in [0.25, 0.3) is 10.8 Å². The Hall–Kier alpha value is -3.69. The fraction of sp³-hybridized carbons (Fsp3) is 0.321. The predicted octanol–water partition coefficient (Wildman–Crippen LogP) is 4.24. The fourth-order valence-corrected chi connectivity index (χ4v) is 4.58.